The lowest BCUT2D eigenvalue weighted by atomic mass is 10.0. The van der Waals surface area contributed by atoms with E-state index in [0.29, 0.717) is 13.3 Å². The Labute approximate surface area is 62.8 Å². The molecule has 0 rings (SSSR count). The molecule has 9 heavy (non-hydrogen) atoms. The quantitative estimate of drug-likeness (QED) is 0.390. The van der Waals surface area contributed by atoms with Crippen LogP contribution in [-0.4, -0.2) is 27.9 Å². The molecule has 0 nitrogen and oxygen atoms in total. The molecule has 0 saturated carbocycles. The lowest BCUT2D eigenvalue weighted by Crippen LogP contribution is -2.08. The fraction of sp³-hybridized carbons (Fsp3) is 1.00. The van der Waals surface area contributed by atoms with E-state index < -0.39 is 0 Å². The molecule has 0 atom stereocenters. The van der Waals surface area contributed by atoms with Crippen LogP contribution < -0.4 is 0 Å². The Kier molecular flexibility index (Phi) is 5.87. The highest BCUT2D eigenvalue weighted by Crippen LogP contribution is 2.33. The maximum atomic E-state index is 2.33. The van der Waals surface area contributed by atoms with Crippen LogP contribution in [0, 0.1) is 5.41 Å². The van der Waals surface area contributed by atoms with Crippen molar-refractivity contribution in [3.63, 3.8) is 0 Å². The molecule has 0 heterocycles. The van der Waals surface area contributed by atoms with Crippen LogP contribution in [0.5, 0.6) is 0 Å². The summed E-state index contributed by atoms with van der Waals surface area (Å²) in [4.78, 5) is 0. The summed E-state index contributed by atoms with van der Waals surface area (Å²) >= 11 is 0. The van der Waals surface area contributed by atoms with Gasteiger partial charge in [-0.25, -0.2) is 0 Å². The van der Waals surface area contributed by atoms with Crippen molar-refractivity contribution in [3.05, 3.63) is 0 Å². The molecule has 3 radical (unpaired) electrons. The standard InChI is InChI=1S/C7H17P.B/c1-7(2,3)6-8(4)5;/h6H2,1-5H3;. The first-order valence-corrected chi connectivity index (χ1v) is 5.49. The van der Waals surface area contributed by atoms with Crippen LogP contribution in [-0.2, 0) is 0 Å². The maximum absolute atomic E-state index is 2.33. The van der Waals surface area contributed by atoms with Crippen LogP contribution in [0.25, 0.3) is 0 Å². The molecule has 0 aliphatic carbocycles. The van der Waals surface area contributed by atoms with Crippen LogP contribution in [0.2, 0.25) is 0 Å². The number of rotatable bonds is 1. The van der Waals surface area contributed by atoms with Gasteiger partial charge < -0.3 is 0 Å². The van der Waals surface area contributed by atoms with Gasteiger partial charge in [0.05, 0.1) is 0 Å². The van der Waals surface area contributed by atoms with Crippen molar-refractivity contribution < 1.29 is 0 Å². The molecule has 0 aromatic carbocycles. The predicted octanol–water partition coefficient (Wildman–Crippen LogP) is 2.39. The largest absolute Gasteiger partial charge is 0.113 e. The van der Waals surface area contributed by atoms with E-state index in [-0.39, 0.29) is 8.41 Å². The molecule has 0 aliphatic heterocycles. The van der Waals surface area contributed by atoms with Gasteiger partial charge in [-0.2, -0.15) is 0 Å². The van der Waals surface area contributed by atoms with E-state index >= 15 is 0 Å². The van der Waals surface area contributed by atoms with E-state index in [0.717, 1.165) is 0 Å². The van der Waals surface area contributed by atoms with E-state index in [1.807, 2.05) is 0 Å². The molecule has 0 spiro atoms. The normalized spacial score (nSPS) is 11.3. The average molecular weight is 143 g/mol. The zero-order chi connectivity index (χ0) is 6.78. The molecule has 0 aromatic heterocycles. The first-order valence-electron chi connectivity index (χ1n) is 3.06. The SMILES string of the molecule is CP(C)CC(C)(C)C.[B]. The van der Waals surface area contributed by atoms with Gasteiger partial charge in [-0.15, -0.1) is 7.92 Å². The van der Waals surface area contributed by atoms with Gasteiger partial charge in [0.1, 0.15) is 0 Å². The molecule has 0 fully saturated rings. The highest BCUT2D eigenvalue weighted by molar-refractivity contribution is 7.56. The minimum absolute atomic E-state index is 0. The van der Waals surface area contributed by atoms with Gasteiger partial charge in [-0.1, -0.05) is 20.8 Å². The third kappa shape index (κ3) is 11.9. The number of hydrogen-bond donors (Lipinski definition) is 0. The summed E-state index contributed by atoms with van der Waals surface area (Å²) < 4.78 is 0. The van der Waals surface area contributed by atoms with Crippen LogP contribution in [0.3, 0.4) is 0 Å². The summed E-state index contributed by atoms with van der Waals surface area (Å²) in [5, 5.41) is 0. The third-order valence-corrected chi connectivity index (χ3v) is 2.37. The lowest BCUT2D eigenvalue weighted by molar-refractivity contribution is 0.478. The summed E-state index contributed by atoms with van der Waals surface area (Å²) in [5.41, 5.74) is 0.551. The van der Waals surface area contributed by atoms with Gasteiger partial charge >= 0.3 is 0 Å². The van der Waals surface area contributed by atoms with Crippen molar-refractivity contribution in [1.82, 2.24) is 0 Å². The second-order valence-corrected chi connectivity index (χ2v) is 6.27. The van der Waals surface area contributed by atoms with E-state index in [9.17, 15) is 0 Å². The molecule has 0 bridgehead atoms. The second kappa shape index (κ2) is 4.33. The lowest BCUT2D eigenvalue weighted by Gasteiger charge is -2.20. The Morgan fingerprint density at radius 2 is 1.44 bits per heavy atom. The van der Waals surface area contributed by atoms with Crippen LogP contribution in [0.1, 0.15) is 20.8 Å². The van der Waals surface area contributed by atoms with Crippen molar-refractivity contribution in [1.29, 1.82) is 0 Å². The van der Waals surface area contributed by atoms with Crippen molar-refractivity contribution in [2.75, 3.05) is 19.5 Å². The fourth-order valence-corrected chi connectivity index (χ4v) is 2.85. The first-order chi connectivity index (χ1) is 3.42. The van der Waals surface area contributed by atoms with Crippen LogP contribution in [0.15, 0.2) is 0 Å². The molecule has 0 N–H and O–H groups in total. The van der Waals surface area contributed by atoms with Crippen LogP contribution in [0.4, 0.5) is 0 Å². The Morgan fingerprint density at radius 1 is 1.11 bits per heavy atom. The first kappa shape index (κ1) is 12.2. The Morgan fingerprint density at radius 3 is 1.44 bits per heavy atom. The van der Waals surface area contributed by atoms with Gasteiger partial charge in [0.15, 0.2) is 0 Å². The van der Waals surface area contributed by atoms with E-state index in [1.165, 1.54) is 6.16 Å². The maximum Gasteiger partial charge on any atom is 0 e. The fourth-order valence-electron chi connectivity index (χ4n) is 0.949. The van der Waals surface area contributed by atoms with Gasteiger partial charge in [-0.05, 0) is 24.9 Å². The molecule has 0 amide bonds. The zero-order valence-electron chi connectivity index (χ0n) is 7.23. The smallest absolute Gasteiger partial charge is 0 e. The molecule has 0 unspecified atom stereocenters. The van der Waals surface area contributed by atoms with Crippen molar-refractivity contribution >= 4 is 16.3 Å². The summed E-state index contributed by atoms with van der Waals surface area (Å²) in [6.45, 7) is 11.6. The van der Waals surface area contributed by atoms with Gasteiger partial charge in [0.25, 0.3) is 0 Å². The minimum atomic E-state index is 0. The molecule has 53 valence electrons. The van der Waals surface area contributed by atoms with Gasteiger partial charge in [-0.3, -0.25) is 0 Å². The van der Waals surface area contributed by atoms with Gasteiger partial charge in [0.2, 0.25) is 0 Å². The highest BCUT2D eigenvalue weighted by atomic mass is 31.1. The highest BCUT2D eigenvalue weighted by Gasteiger charge is 2.10. The number of hydrogen-bond acceptors (Lipinski definition) is 0. The molecule has 0 aliphatic rings. The topological polar surface area (TPSA) is 0 Å². The Balaban J connectivity index is 0. The Hall–Kier alpha value is 0.495. The summed E-state index contributed by atoms with van der Waals surface area (Å²) in [5.74, 6) is 0. The Bertz CT molecular complexity index is 63.8. The van der Waals surface area contributed by atoms with Crippen molar-refractivity contribution in [2.45, 2.75) is 20.8 Å². The molecule has 0 saturated heterocycles. The molecule has 0 aromatic rings. The molecular formula is C7H17BP. The van der Waals surface area contributed by atoms with E-state index in [1.54, 1.807) is 0 Å². The van der Waals surface area contributed by atoms with Crippen molar-refractivity contribution in [3.8, 4) is 0 Å². The van der Waals surface area contributed by atoms with Crippen molar-refractivity contribution in [2.24, 2.45) is 5.41 Å². The van der Waals surface area contributed by atoms with E-state index in [4.69, 9.17) is 0 Å². The molecule has 2 heteroatoms. The molecular weight excluding hydrogens is 126 g/mol. The zero-order valence-corrected chi connectivity index (χ0v) is 8.13. The predicted molar refractivity (Wildman–Crippen MR) is 48.8 cm³/mol. The monoisotopic (exact) mass is 143 g/mol. The summed E-state index contributed by atoms with van der Waals surface area (Å²) in [6.07, 6.45) is 1.39. The van der Waals surface area contributed by atoms with Crippen LogP contribution >= 0.6 is 7.92 Å². The summed E-state index contributed by atoms with van der Waals surface area (Å²) in [7, 11) is 0.311. The summed E-state index contributed by atoms with van der Waals surface area (Å²) in [6, 6.07) is 0. The van der Waals surface area contributed by atoms with E-state index in [2.05, 4.69) is 34.1 Å². The average Bonchev–Trinajstić information content (AvgIpc) is 1.21. The third-order valence-electron chi connectivity index (χ3n) is 0.791. The minimum Gasteiger partial charge on any atom is -0.113 e. The second-order valence-electron chi connectivity index (χ2n) is 3.80. The van der Waals surface area contributed by atoms with Gasteiger partial charge in [0, 0.05) is 8.41 Å².